The molecular weight excluding hydrogens is 317 g/mol. The number of benzene rings is 1. The van der Waals surface area contributed by atoms with E-state index >= 15 is 0 Å². The molecule has 112 valence electrons. The molecule has 0 aliphatic heterocycles. The quantitative estimate of drug-likeness (QED) is 0.481. The molecule has 1 atom stereocenters. The zero-order valence-electron chi connectivity index (χ0n) is 10.9. The van der Waals surface area contributed by atoms with Crippen LogP contribution in [-0.4, -0.2) is 25.8 Å². The Bertz CT molecular complexity index is 657. The zero-order chi connectivity index (χ0) is 15.2. The summed E-state index contributed by atoms with van der Waals surface area (Å²) in [4.78, 5) is 8.18. The number of halogens is 1. The minimum absolute atomic E-state index is 0.171. The highest BCUT2D eigenvalue weighted by atomic mass is 32.2. The van der Waals surface area contributed by atoms with E-state index in [1.807, 2.05) is 0 Å². The molecule has 2 N–H and O–H groups in total. The number of aromatic nitrogens is 2. The van der Waals surface area contributed by atoms with Crippen LogP contribution in [0.2, 0.25) is 0 Å². The van der Waals surface area contributed by atoms with Gasteiger partial charge in [0, 0.05) is 11.8 Å². The Morgan fingerprint density at radius 1 is 1.43 bits per heavy atom. The van der Waals surface area contributed by atoms with Crippen molar-refractivity contribution in [1.82, 2.24) is 9.97 Å². The molecule has 0 saturated heterocycles. The Morgan fingerprint density at radius 2 is 2.24 bits per heavy atom. The van der Waals surface area contributed by atoms with Crippen molar-refractivity contribution in [2.45, 2.75) is 10.9 Å². The van der Waals surface area contributed by atoms with Crippen molar-refractivity contribution in [3.05, 3.63) is 41.7 Å². The molecule has 6 nitrogen and oxygen atoms in total. The summed E-state index contributed by atoms with van der Waals surface area (Å²) < 4.78 is 39.9. The van der Waals surface area contributed by atoms with Gasteiger partial charge in [-0.3, -0.25) is 9.27 Å². The van der Waals surface area contributed by atoms with Crippen LogP contribution in [0.1, 0.15) is 5.56 Å². The lowest BCUT2D eigenvalue weighted by molar-refractivity contribution is 0.393. The number of rotatable bonds is 6. The molecule has 1 unspecified atom stereocenters. The highest BCUT2D eigenvalue weighted by Gasteiger charge is 2.08. The van der Waals surface area contributed by atoms with E-state index in [0.29, 0.717) is 10.9 Å². The summed E-state index contributed by atoms with van der Waals surface area (Å²) in [7, 11) is 1.43. The Hall–Kier alpha value is -1.71. The Balaban J connectivity index is 2.13. The van der Waals surface area contributed by atoms with Crippen LogP contribution in [0.15, 0.2) is 35.5 Å². The van der Waals surface area contributed by atoms with Gasteiger partial charge < -0.3 is 4.74 Å². The molecule has 0 saturated carbocycles. The van der Waals surface area contributed by atoms with Gasteiger partial charge in [-0.15, -0.1) is 0 Å². The molecule has 0 spiro atoms. The summed E-state index contributed by atoms with van der Waals surface area (Å²) >= 11 is -0.969. The molecule has 0 aliphatic rings. The summed E-state index contributed by atoms with van der Waals surface area (Å²) in [6.07, 6.45) is 0. The van der Waals surface area contributed by atoms with Gasteiger partial charge in [-0.2, -0.15) is 4.98 Å². The maximum atomic E-state index is 13.1. The topological polar surface area (TPSA) is 84.3 Å². The van der Waals surface area contributed by atoms with Gasteiger partial charge >= 0.3 is 0 Å². The van der Waals surface area contributed by atoms with E-state index in [-0.39, 0.29) is 17.5 Å². The first-order chi connectivity index (χ1) is 10.1. The number of methoxy groups -OCH3 is 1. The van der Waals surface area contributed by atoms with Gasteiger partial charge in [-0.1, -0.05) is 23.9 Å². The van der Waals surface area contributed by atoms with Crippen molar-refractivity contribution in [3.8, 4) is 5.88 Å². The molecule has 1 heterocycles. The van der Waals surface area contributed by atoms with Crippen molar-refractivity contribution in [2.75, 3.05) is 11.8 Å². The second-order valence-corrected chi connectivity index (χ2v) is 5.49. The highest BCUT2D eigenvalue weighted by Crippen LogP contribution is 2.24. The molecule has 2 rings (SSSR count). The molecular formula is C12H12FN3O3S2. The largest absolute Gasteiger partial charge is 0.481 e. The highest BCUT2D eigenvalue weighted by molar-refractivity contribution is 7.98. The number of hydrogen-bond donors (Lipinski definition) is 2. The molecule has 2 aromatic rings. The van der Waals surface area contributed by atoms with Crippen LogP contribution in [0.25, 0.3) is 0 Å². The predicted molar refractivity (Wildman–Crippen MR) is 78.9 cm³/mol. The first-order valence-electron chi connectivity index (χ1n) is 5.74. The van der Waals surface area contributed by atoms with Crippen molar-refractivity contribution in [2.24, 2.45) is 0 Å². The van der Waals surface area contributed by atoms with Crippen molar-refractivity contribution >= 4 is 28.8 Å². The maximum absolute atomic E-state index is 13.1. The van der Waals surface area contributed by atoms with Gasteiger partial charge in [0.2, 0.25) is 5.88 Å². The molecule has 0 amide bonds. The van der Waals surface area contributed by atoms with Gasteiger partial charge in [0.1, 0.15) is 11.6 Å². The van der Waals surface area contributed by atoms with Crippen LogP contribution in [0.5, 0.6) is 5.88 Å². The minimum Gasteiger partial charge on any atom is -0.481 e. The summed E-state index contributed by atoms with van der Waals surface area (Å²) in [6.45, 7) is 0. The molecule has 0 fully saturated rings. The third-order valence-corrected chi connectivity index (χ3v) is 3.64. The third kappa shape index (κ3) is 4.96. The van der Waals surface area contributed by atoms with Crippen LogP contribution >= 0.6 is 11.8 Å². The second-order valence-electron chi connectivity index (χ2n) is 3.85. The first-order valence-corrected chi connectivity index (χ1v) is 7.84. The standard InChI is InChI=1S/C12H12FN3O3S2/c1-19-11-6-10(16-21(17)18)14-12(15-11)20-7-8-3-2-4-9(13)5-8/h2-6H,7H2,1H3,(H,17,18)(H,14,15,16). The number of thioether (sulfide) groups is 1. The van der Waals surface area contributed by atoms with Crippen LogP contribution < -0.4 is 9.46 Å². The SMILES string of the molecule is COc1cc(NS(=O)O)nc(SCc2cccc(F)c2)n1. The fraction of sp³-hybridized carbons (Fsp3) is 0.167. The lowest BCUT2D eigenvalue weighted by atomic mass is 10.2. The molecule has 0 radical (unpaired) electrons. The number of hydrogen-bond acceptors (Lipinski definition) is 5. The zero-order valence-corrected chi connectivity index (χ0v) is 12.6. The summed E-state index contributed by atoms with van der Waals surface area (Å²) in [5, 5.41) is 0.353. The van der Waals surface area contributed by atoms with Gasteiger partial charge in [0.05, 0.1) is 7.11 Å². The van der Waals surface area contributed by atoms with Crippen molar-refractivity contribution < 1.29 is 17.9 Å². The first kappa shape index (κ1) is 15.7. The van der Waals surface area contributed by atoms with E-state index in [0.717, 1.165) is 5.56 Å². The molecule has 1 aromatic carbocycles. The van der Waals surface area contributed by atoms with Crippen LogP contribution in [0, 0.1) is 5.82 Å². The van der Waals surface area contributed by atoms with Crippen LogP contribution in [0.4, 0.5) is 10.2 Å². The predicted octanol–water partition coefficient (Wildman–Crippen LogP) is 2.47. The summed E-state index contributed by atoms with van der Waals surface area (Å²) in [5.74, 6) is 0.592. The van der Waals surface area contributed by atoms with E-state index in [2.05, 4.69) is 14.7 Å². The molecule has 9 heteroatoms. The third-order valence-electron chi connectivity index (χ3n) is 2.34. The van der Waals surface area contributed by atoms with Gasteiger partial charge in [0.15, 0.2) is 5.16 Å². The number of nitrogens with zero attached hydrogens (tertiary/aromatic N) is 2. The average molecular weight is 329 g/mol. The number of anilines is 1. The fourth-order valence-corrected chi connectivity index (χ4v) is 2.57. The van der Waals surface area contributed by atoms with E-state index in [1.54, 1.807) is 12.1 Å². The summed E-state index contributed by atoms with van der Waals surface area (Å²) in [5.41, 5.74) is 0.784. The Morgan fingerprint density at radius 3 is 2.90 bits per heavy atom. The lowest BCUT2D eigenvalue weighted by Crippen LogP contribution is -2.05. The minimum atomic E-state index is -2.23. The molecule has 0 aliphatic carbocycles. The Kier molecular flexibility index (Phi) is 5.48. The molecule has 1 aromatic heterocycles. The Labute approximate surface area is 127 Å². The van der Waals surface area contributed by atoms with E-state index in [1.165, 1.54) is 37.1 Å². The normalized spacial score (nSPS) is 12.0. The fourth-order valence-electron chi connectivity index (χ4n) is 1.49. The van der Waals surface area contributed by atoms with Crippen LogP contribution in [-0.2, 0) is 17.0 Å². The number of nitrogens with one attached hydrogen (secondary N) is 1. The van der Waals surface area contributed by atoms with Gasteiger partial charge in [0.25, 0.3) is 11.3 Å². The van der Waals surface area contributed by atoms with E-state index in [4.69, 9.17) is 9.29 Å². The van der Waals surface area contributed by atoms with Crippen molar-refractivity contribution in [3.63, 3.8) is 0 Å². The van der Waals surface area contributed by atoms with Gasteiger partial charge in [-0.05, 0) is 17.7 Å². The molecule has 21 heavy (non-hydrogen) atoms. The lowest BCUT2D eigenvalue weighted by Gasteiger charge is -2.07. The average Bonchev–Trinajstić information content (AvgIpc) is 2.44. The van der Waals surface area contributed by atoms with E-state index in [9.17, 15) is 8.60 Å². The second kappa shape index (κ2) is 7.34. The molecule has 0 bridgehead atoms. The smallest absolute Gasteiger partial charge is 0.260 e. The van der Waals surface area contributed by atoms with Crippen molar-refractivity contribution in [1.29, 1.82) is 0 Å². The van der Waals surface area contributed by atoms with E-state index < -0.39 is 11.3 Å². The summed E-state index contributed by atoms with van der Waals surface area (Å²) in [6, 6.07) is 7.61. The number of ether oxygens (including phenoxy) is 1. The van der Waals surface area contributed by atoms with Gasteiger partial charge in [-0.25, -0.2) is 13.6 Å². The van der Waals surface area contributed by atoms with Crippen LogP contribution in [0.3, 0.4) is 0 Å². The maximum Gasteiger partial charge on any atom is 0.260 e. The monoisotopic (exact) mass is 329 g/mol.